The van der Waals surface area contributed by atoms with E-state index in [9.17, 15) is 9.59 Å². The van der Waals surface area contributed by atoms with Gasteiger partial charge in [0.05, 0.1) is 0 Å². The predicted octanol–water partition coefficient (Wildman–Crippen LogP) is 3.31. The average molecular weight is 310 g/mol. The van der Waals surface area contributed by atoms with E-state index in [4.69, 9.17) is 0 Å². The highest BCUT2D eigenvalue weighted by Crippen LogP contribution is 2.12. The van der Waals surface area contributed by atoms with E-state index in [-0.39, 0.29) is 17.7 Å². The van der Waals surface area contributed by atoms with Crippen LogP contribution in [0.3, 0.4) is 0 Å². The second-order valence-electron chi connectivity index (χ2n) is 5.71. The molecule has 0 aromatic heterocycles. The molecule has 0 heterocycles. The van der Waals surface area contributed by atoms with E-state index >= 15 is 0 Å². The zero-order valence-electron chi connectivity index (χ0n) is 13.7. The molecule has 0 aliphatic rings. The maximum absolute atomic E-state index is 12.2. The van der Waals surface area contributed by atoms with E-state index in [1.807, 2.05) is 37.3 Å². The number of hydrogen-bond acceptors (Lipinski definition) is 3. The minimum atomic E-state index is -0.386. The number of rotatable bonds is 6. The highest BCUT2D eigenvalue weighted by Gasteiger charge is 2.12. The molecule has 23 heavy (non-hydrogen) atoms. The van der Waals surface area contributed by atoms with Gasteiger partial charge in [0.1, 0.15) is 6.04 Å². The van der Waals surface area contributed by atoms with Crippen LogP contribution >= 0.6 is 0 Å². The zero-order chi connectivity index (χ0) is 16.8. The summed E-state index contributed by atoms with van der Waals surface area (Å²) in [7, 11) is 0. The van der Waals surface area contributed by atoms with Crippen molar-refractivity contribution in [3.63, 3.8) is 0 Å². The SMILES string of the molecule is CC(=O)c1cccc(N[C@H](C)C(=O)NCc2ccc(C)cc2)c1. The topological polar surface area (TPSA) is 58.2 Å². The second kappa shape index (κ2) is 7.58. The van der Waals surface area contributed by atoms with Crippen molar-refractivity contribution in [2.75, 3.05) is 5.32 Å². The minimum absolute atomic E-state index is 0.00475. The third kappa shape index (κ3) is 4.95. The quantitative estimate of drug-likeness (QED) is 0.805. The Morgan fingerprint density at radius 1 is 1.09 bits per heavy atom. The van der Waals surface area contributed by atoms with Crippen molar-refractivity contribution in [3.05, 3.63) is 65.2 Å². The molecule has 120 valence electrons. The third-order valence-electron chi connectivity index (χ3n) is 3.63. The molecule has 0 saturated carbocycles. The van der Waals surface area contributed by atoms with Gasteiger partial charge in [0.15, 0.2) is 5.78 Å². The molecule has 0 saturated heterocycles. The molecule has 0 aliphatic carbocycles. The molecular formula is C19H22N2O2. The zero-order valence-corrected chi connectivity index (χ0v) is 13.7. The first-order valence-corrected chi connectivity index (χ1v) is 7.66. The highest BCUT2D eigenvalue weighted by molar-refractivity contribution is 5.95. The Balaban J connectivity index is 1.90. The second-order valence-corrected chi connectivity index (χ2v) is 5.71. The van der Waals surface area contributed by atoms with Crippen LogP contribution in [0.2, 0.25) is 0 Å². The van der Waals surface area contributed by atoms with Gasteiger partial charge in [-0.15, -0.1) is 0 Å². The van der Waals surface area contributed by atoms with E-state index in [0.717, 1.165) is 11.3 Å². The lowest BCUT2D eigenvalue weighted by atomic mass is 10.1. The van der Waals surface area contributed by atoms with Gasteiger partial charge in [0.25, 0.3) is 0 Å². The lowest BCUT2D eigenvalue weighted by Crippen LogP contribution is -2.37. The van der Waals surface area contributed by atoms with Gasteiger partial charge in [-0.2, -0.15) is 0 Å². The smallest absolute Gasteiger partial charge is 0.242 e. The predicted molar refractivity (Wildman–Crippen MR) is 92.6 cm³/mol. The molecule has 0 unspecified atom stereocenters. The molecule has 2 rings (SSSR count). The molecule has 2 N–H and O–H groups in total. The molecule has 0 spiro atoms. The fraction of sp³-hybridized carbons (Fsp3) is 0.263. The van der Waals surface area contributed by atoms with Crippen LogP contribution in [-0.2, 0) is 11.3 Å². The number of aryl methyl sites for hydroxylation is 1. The first-order chi connectivity index (χ1) is 11.0. The van der Waals surface area contributed by atoms with Gasteiger partial charge >= 0.3 is 0 Å². The van der Waals surface area contributed by atoms with Crippen molar-refractivity contribution in [2.45, 2.75) is 33.4 Å². The summed E-state index contributed by atoms with van der Waals surface area (Å²) < 4.78 is 0. The van der Waals surface area contributed by atoms with Gasteiger partial charge < -0.3 is 10.6 Å². The largest absolute Gasteiger partial charge is 0.374 e. The maximum Gasteiger partial charge on any atom is 0.242 e. The molecule has 2 aromatic rings. The standard InChI is InChI=1S/C19H22N2O2/c1-13-7-9-16(10-8-13)12-20-19(23)14(2)21-18-6-4-5-17(11-18)15(3)22/h4-11,14,21H,12H2,1-3H3,(H,20,23)/t14-/m1/s1. The molecule has 0 bridgehead atoms. The molecule has 4 heteroatoms. The number of carbonyl (C=O) groups is 2. The number of carbonyl (C=O) groups excluding carboxylic acids is 2. The Morgan fingerprint density at radius 2 is 1.78 bits per heavy atom. The summed E-state index contributed by atoms with van der Waals surface area (Å²) >= 11 is 0. The van der Waals surface area contributed by atoms with Gasteiger partial charge in [-0.3, -0.25) is 9.59 Å². The first kappa shape index (κ1) is 16.7. The van der Waals surface area contributed by atoms with Crippen LogP contribution in [0.1, 0.15) is 35.3 Å². The Labute approximate surface area is 136 Å². The van der Waals surface area contributed by atoms with E-state index in [1.54, 1.807) is 25.1 Å². The molecule has 4 nitrogen and oxygen atoms in total. The van der Waals surface area contributed by atoms with E-state index in [0.29, 0.717) is 12.1 Å². The van der Waals surface area contributed by atoms with Crippen molar-refractivity contribution in [1.82, 2.24) is 5.32 Å². The van der Waals surface area contributed by atoms with Crippen LogP contribution in [0.15, 0.2) is 48.5 Å². The number of anilines is 1. The Kier molecular flexibility index (Phi) is 5.52. The van der Waals surface area contributed by atoms with E-state index in [1.165, 1.54) is 12.5 Å². The number of hydrogen-bond donors (Lipinski definition) is 2. The molecule has 0 aliphatic heterocycles. The molecule has 0 radical (unpaired) electrons. The summed E-state index contributed by atoms with van der Waals surface area (Å²) in [6.45, 7) is 5.85. The van der Waals surface area contributed by atoms with Crippen LogP contribution in [0.4, 0.5) is 5.69 Å². The van der Waals surface area contributed by atoms with Crippen LogP contribution in [-0.4, -0.2) is 17.7 Å². The van der Waals surface area contributed by atoms with Crippen molar-refractivity contribution in [3.8, 4) is 0 Å². The molecular weight excluding hydrogens is 288 g/mol. The molecule has 0 fully saturated rings. The summed E-state index contributed by atoms with van der Waals surface area (Å²) in [4.78, 5) is 23.6. The van der Waals surface area contributed by atoms with E-state index in [2.05, 4.69) is 10.6 Å². The third-order valence-corrected chi connectivity index (χ3v) is 3.63. The normalized spacial score (nSPS) is 11.6. The summed E-state index contributed by atoms with van der Waals surface area (Å²) in [5, 5.41) is 6.03. The highest BCUT2D eigenvalue weighted by atomic mass is 16.2. The van der Waals surface area contributed by atoms with Crippen LogP contribution in [0, 0.1) is 6.92 Å². The van der Waals surface area contributed by atoms with Crippen molar-refractivity contribution < 1.29 is 9.59 Å². The Hall–Kier alpha value is -2.62. The summed E-state index contributed by atoms with van der Waals surface area (Å²) in [6.07, 6.45) is 0. The van der Waals surface area contributed by atoms with E-state index < -0.39 is 0 Å². The van der Waals surface area contributed by atoms with Crippen molar-refractivity contribution in [1.29, 1.82) is 0 Å². The summed E-state index contributed by atoms with van der Waals surface area (Å²) in [5.74, 6) is -0.0797. The monoisotopic (exact) mass is 310 g/mol. The fourth-order valence-electron chi connectivity index (χ4n) is 2.19. The van der Waals surface area contributed by atoms with Crippen LogP contribution in [0.25, 0.3) is 0 Å². The van der Waals surface area contributed by atoms with Gasteiger partial charge in [0, 0.05) is 17.8 Å². The summed E-state index contributed by atoms with van der Waals surface area (Å²) in [6, 6.07) is 14.8. The van der Waals surface area contributed by atoms with Gasteiger partial charge in [-0.05, 0) is 38.5 Å². The molecule has 2 aromatic carbocycles. The number of nitrogens with one attached hydrogen (secondary N) is 2. The Bertz CT molecular complexity index is 693. The number of Topliss-reactive ketones (excluding diaryl/α,β-unsaturated/α-hetero) is 1. The first-order valence-electron chi connectivity index (χ1n) is 7.66. The molecule has 1 amide bonds. The average Bonchev–Trinajstić information content (AvgIpc) is 2.54. The van der Waals surface area contributed by atoms with Crippen molar-refractivity contribution >= 4 is 17.4 Å². The van der Waals surface area contributed by atoms with Gasteiger partial charge in [-0.25, -0.2) is 0 Å². The van der Waals surface area contributed by atoms with Crippen LogP contribution < -0.4 is 10.6 Å². The fourth-order valence-corrected chi connectivity index (χ4v) is 2.19. The number of benzene rings is 2. The van der Waals surface area contributed by atoms with Gasteiger partial charge in [0.2, 0.25) is 5.91 Å². The lowest BCUT2D eigenvalue weighted by molar-refractivity contribution is -0.121. The minimum Gasteiger partial charge on any atom is -0.374 e. The Morgan fingerprint density at radius 3 is 2.43 bits per heavy atom. The van der Waals surface area contributed by atoms with Crippen molar-refractivity contribution in [2.24, 2.45) is 0 Å². The number of ketones is 1. The van der Waals surface area contributed by atoms with Gasteiger partial charge in [-0.1, -0.05) is 42.0 Å². The van der Waals surface area contributed by atoms with Crippen LogP contribution in [0.5, 0.6) is 0 Å². The molecule has 1 atom stereocenters. The lowest BCUT2D eigenvalue weighted by Gasteiger charge is -2.16. The maximum atomic E-state index is 12.2. The number of amides is 1. The summed E-state index contributed by atoms with van der Waals surface area (Å²) in [5.41, 5.74) is 3.65.